The summed E-state index contributed by atoms with van der Waals surface area (Å²) >= 11 is 0. The molecule has 0 atom stereocenters. The first-order valence-corrected chi connectivity index (χ1v) is 11.1. The zero-order chi connectivity index (χ0) is 24.6. The number of aryl methyl sites for hydroxylation is 3. The van der Waals surface area contributed by atoms with Gasteiger partial charge in [-0.05, 0) is 93.8 Å². The summed E-state index contributed by atoms with van der Waals surface area (Å²) in [6.07, 6.45) is 0. The number of benzene rings is 4. The third-order valence-corrected chi connectivity index (χ3v) is 6.17. The molecular formula is C29H29NO4. The van der Waals surface area contributed by atoms with E-state index in [9.17, 15) is 15.3 Å². The minimum atomic E-state index is 0.185. The minimum Gasteiger partial charge on any atom is -0.508 e. The van der Waals surface area contributed by atoms with E-state index in [0.29, 0.717) is 11.5 Å². The normalized spacial score (nSPS) is 10.9. The van der Waals surface area contributed by atoms with Crippen molar-refractivity contribution in [2.75, 3.05) is 4.90 Å². The number of phenolic OH excluding ortho intramolecular Hbond substituents is 3. The van der Waals surface area contributed by atoms with E-state index in [4.69, 9.17) is 4.74 Å². The highest BCUT2D eigenvalue weighted by atomic mass is 16.5. The molecule has 0 radical (unpaired) electrons. The Bertz CT molecular complexity index is 1300. The van der Waals surface area contributed by atoms with E-state index in [0.717, 1.165) is 44.9 Å². The summed E-state index contributed by atoms with van der Waals surface area (Å²) in [4.78, 5) is 2.07. The average Bonchev–Trinajstić information content (AvgIpc) is 2.81. The van der Waals surface area contributed by atoms with Crippen LogP contribution in [0.1, 0.15) is 27.8 Å². The first-order chi connectivity index (χ1) is 16.2. The highest BCUT2D eigenvalue weighted by Crippen LogP contribution is 2.45. The van der Waals surface area contributed by atoms with Gasteiger partial charge in [-0.1, -0.05) is 18.2 Å². The molecule has 0 fully saturated rings. The Hall–Kier alpha value is -4.12. The zero-order valence-corrected chi connectivity index (χ0v) is 20.0. The van der Waals surface area contributed by atoms with Gasteiger partial charge in [0.25, 0.3) is 0 Å². The predicted molar refractivity (Wildman–Crippen MR) is 136 cm³/mol. The monoisotopic (exact) mass is 455 g/mol. The fourth-order valence-corrected chi connectivity index (χ4v) is 4.16. The van der Waals surface area contributed by atoms with Crippen LogP contribution in [0.4, 0.5) is 17.1 Å². The summed E-state index contributed by atoms with van der Waals surface area (Å²) in [5, 5.41) is 31.0. The van der Waals surface area contributed by atoms with Crippen LogP contribution in [0.2, 0.25) is 0 Å². The van der Waals surface area contributed by atoms with Crippen molar-refractivity contribution in [3.8, 4) is 28.7 Å². The third-order valence-electron chi connectivity index (χ3n) is 6.17. The number of hydrogen-bond donors (Lipinski definition) is 3. The standard InChI is InChI=1S/C29H29NO4/c1-17-6-11-24(16-27(17)33)34-23-12-9-22(10-13-23)30(28-18(2)7-14-25(31)20(28)4)29-19(3)8-15-26(32)21(29)5/h6-16,31-33H,1-5H3. The number of anilines is 3. The molecule has 0 saturated carbocycles. The van der Waals surface area contributed by atoms with Gasteiger partial charge in [-0.3, -0.25) is 0 Å². The number of nitrogens with zero attached hydrogens (tertiary/aromatic N) is 1. The fourth-order valence-electron chi connectivity index (χ4n) is 4.16. The minimum absolute atomic E-state index is 0.185. The van der Waals surface area contributed by atoms with E-state index in [2.05, 4.69) is 4.90 Å². The van der Waals surface area contributed by atoms with Gasteiger partial charge in [0, 0.05) is 22.9 Å². The first kappa shape index (κ1) is 23.1. The van der Waals surface area contributed by atoms with Crippen molar-refractivity contribution in [1.82, 2.24) is 0 Å². The Balaban J connectivity index is 1.83. The molecule has 0 aliphatic rings. The molecule has 0 spiro atoms. The van der Waals surface area contributed by atoms with Crippen molar-refractivity contribution in [1.29, 1.82) is 0 Å². The van der Waals surface area contributed by atoms with Crippen LogP contribution in [-0.4, -0.2) is 15.3 Å². The van der Waals surface area contributed by atoms with Crippen LogP contribution < -0.4 is 9.64 Å². The molecule has 0 amide bonds. The molecule has 174 valence electrons. The summed E-state index contributed by atoms with van der Waals surface area (Å²) in [6.45, 7) is 9.62. The van der Waals surface area contributed by atoms with Crippen LogP contribution in [0.15, 0.2) is 66.7 Å². The average molecular weight is 456 g/mol. The van der Waals surface area contributed by atoms with Crippen LogP contribution in [0.3, 0.4) is 0 Å². The molecule has 0 saturated heterocycles. The maximum Gasteiger partial charge on any atom is 0.131 e. The number of hydrogen-bond acceptors (Lipinski definition) is 5. The lowest BCUT2D eigenvalue weighted by atomic mass is 10.0. The number of aromatic hydroxyl groups is 3. The second-order valence-electron chi connectivity index (χ2n) is 8.63. The van der Waals surface area contributed by atoms with Crippen molar-refractivity contribution in [3.63, 3.8) is 0 Å². The highest BCUT2D eigenvalue weighted by molar-refractivity contribution is 5.85. The van der Waals surface area contributed by atoms with Gasteiger partial charge in [0.1, 0.15) is 28.7 Å². The second-order valence-corrected chi connectivity index (χ2v) is 8.63. The molecule has 0 aliphatic heterocycles. The van der Waals surface area contributed by atoms with Crippen LogP contribution in [0, 0.1) is 34.6 Å². The molecule has 0 bridgehead atoms. The highest BCUT2D eigenvalue weighted by Gasteiger charge is 2.23. The lowest BCUT2D eigenvalue weighted by Crippen LogP contribution is -2.15. The van der Waals surface area contributed by atoms with Gasteiger partial charge >= 0.3 is 0 Å². The molecule has 0 unspecified atom stereocenters. The van der Waals surface area contributed by atoms with Crippen LogP contribution in [-0.2, 0) is 0 Å². The molecule has 34 heavy (non-hydrogen) atoms. The third kappa shape index (κ3) is 4.25. The van der Waals surface area contributed by atoms with Crippen molar-refractivity contribution >= 4 is 17.1 Å². The smallest absolute Gasteiger partial charge is 0.131 e. The summed E-state index contributed by atoms with van der Waals surface area (Å²) in [6, 6.07) is 20.0. The lowest BCUT2D eigenvalue weighted by Gasteiger charge is -2.31. The van der Waals surface area contributed by atoms with E-state index < -0.39 is 0 Å². The van der Waals surface area contributed by atoms with Gasteiger partial charge in [-0.25, -0.2) is 0 Å². The zero-order valence-electron chi connectivity index (χ0n) is 20.0. The van der Waals surface area contributed by atoms with Crippen molar-refractivity contribution < 1.29 is 20.1 Å². The van der Waals surface area contributed by atoms with E-state index in [-0.39, 0.29) is 17.2 Å². The summed E-state index contributed by atoms with van der Waals surface area (Å²) in [7, 11) is 0. The largest absolute Gasteiger partial charge is 0.508 e. The topological polar surface area (TPSA) is 73.2 Å². The molecule has 5 nitrogen and oxygen atoms in total. The lowest BCUT2D eigenvalue weighted by molar-refractivity contribution is 0.452. The summed E-state index contributed by atoms with van der Waals surface area (Å²) in [5.41, 5.74) is 6.83. The maximum atomic E-state index is 10.5. The van der Waals surface area contributed by atoms with Crippen molar-refractivity contribution in [2.24, 2.45) is 0 Å². The summed E-state index contributed by atoms with van der Waals surface area (Å²) < 4.78 is 5.93. The number of phenols is 3. The Morgan fingerprint density at radius 2 is 1.00 bits per heavy atom. The van der Waals surface area contributed by atoms with Crippen LogP contribution in [0.5, 0.6) is 28.7 Å². The van der Waals surface area contributed by atoms with Crippen molar-refractivity contribution in [2.45, 2.75) is 34.6 Å². The molecule has 0 aliphatic carbocycles. The van der Waals surface area contributed by atoms with Crippen LogP contribution >= 0.6 is 0 Å². The molecule has 0 aromatic heterocycles. The van der Waals surface area contributed by atoms with Gasteiger partial charge in [0.15, 0.2) is 0 Å². The number of rotatable bonds is 5. The molecule has 5 heteroatoms. The molecule has 4 aromatic rings. The fraction of sp³-hybridized carbons (Fsp3) is 0.172. The SMILES string of the molecule is Cc1ccc(Oc2ccc(N(c3c(C)ccc(O)c3C)c3c(C)ccc(O)c3C)cc2)cc1O. The first-order valence-electron chi connectivity index (χ1n) is 11.1. The van der Waals surface area contributed by atoms with Crippen molar-refractivity contribution in [3.05, 3.63) is 94.5 Å². The molecule has 4 aromatic carbocycles. The Kier molecular flexibility index (Phi) is 6.12. The van der Waals surface area contributed by atoms with E-state index in [1.807, 2.05) is 83.1 Å². The van der Waals surface area contributed by atoms with Gasteiger partial charge in [0.05, 0.1) is 11.4 Å². The Morgan fingerprint density at radius 3 is 1.50 bits per heavy atom. The summed E-state index contributed by atoms with van der Waals surface area (Å²) in [5.74, 6) is 1.78. The van der Waals surface area contributed by atoms with Gasteiger partial charge < -0.3 is 25.0 Å². The number of ether oxygens (including phenoxy) is 1. The molecule has 4 rings (SSSR count). The van der Waals surface area contributed by atoms with Gasteiger partial charge in [0.2, 0.25) is 0 Å². The molecular weight excluding hydrogens is 426 g/mol. The van der Waals surface area contributed by atoms with Gasteiger partial charge in [-0.2, -0.15) is 0 Å². The van der Waals surface area contributed by atoms with Gasteiger partial charge in [-0.15, -0.1) is 0 Å². The molecule has 0 heterocycles. The predicted octanol–water partition coefficient (Wildman–Crippen LogP) is 7.61. The quantitative estimate of drug-likeness (QED) is 0.289. The van der Waals surface area contributed by atoms with Crippen LogP contribution in [0.25, 0.3) is 0 Å². The maximum absolute atomic E-state index is 10.5. The Morgan fingerprint density at radius 1 is 0.529 bits per heavy atom. The van der Waals surface area contributed by atoms with E-state index in [1.54, 1.807) is 18.2 Å². The second kappa shape index (κ2) is 9.02. The Labute approximate surface area is 200 Å². The van der Waals surface area contributed by atoms with E-state index >= 15 is 0 Å². The molecule has 3 N–H and O–H groups in total. The van der Waals surface area contributed by atoms with E-state index in [1.165, 1.54) is 0 Å².